The Kier molecular flexibility index (Phi) is 7.76. The van der Waals surface area contributed by atoms with Gasteiger partial charge >= 0.3 is 12.0 Å². The van der Waals surface area contributed by atoms with Crippen LogP contribution in [0, 0.1) is 0 Å². The highest BCUT2D eigenvalue weighted by Crippen LogP contribution is 2.01. The minimum Gasteiger partial charge on any atom is -0.481 e. The zero-order valence-corrected chi connectivity index (χ0v) is 13.4. The molecule has 0 aromatic heterocycles. The zero-order chi connectivity index (χ0) is 16.6. The molecule has 3 amide bonds. The fourth-order valence-corrected chi connectivity index (χ4v) is 1.64. The van der Waals surface area contributed by atoms with Crippen molar-refractivity contribution in [1.82, 2.24) is 16.0 Å². The zero-order valence-electron chi connectivity index (χ0n) is 13.4. The summed E-state index contributed by atoms with van der Waals surface area (Å²) in [5.41, 5.74) is -0.354. The molecule has 7 nitrogen and oxygen atoms in total. The molecule has 0 bridgehead atoms. The van der Waals surface area contributed by atoms with E-state index in [1.165, 1.54) is 0 Å². The lowest BCUT2D eigenvalue weighted by Gasteiger charge is -2.24. The second-order valence-electron chi connectivity index (χ2n) is 6.27. The van der Waals surface area contributed by atoms with Crippen LogP contribution < -0.4 is 16.0 Å². The third-order valence-corrected chi connectivity index (χ3v) is 2.64. The predicted molar refractivity (Wildman–Crippen MR) is 80.0 cm³/mol. The number of carbonyl (C=O) groups excluding carboxylic acids is 2. The molecule has 0 saturated heterocycles. The van der Waals surface area contributed by atoms with Crippen LogP contribution in [0.2, 0.25) is 0 Å². The van der Waals surface area contributed by atoms with Gasteiger partial charge in [-0.1, -0.05) is 0 Å². The molecule has 4 N–H and O–H groups in total. The summed E-state index contributed by atoms with van der Waals surface area (Å²) >= 11 is 0. The number of carbonyl (C=O) groups is 3. The Morgan fingerprint density at radius 1 is 1.10 bits per heavy atom. The van der Waals surface area contributed by atoms with Crippen LogP contribution in [0.25, 0.3) is 0 Å². The standard InChI is InChI=1S/C14H27N3O4/c1-9(7-6-8-11(18)19)15-13(21)16-10(2)12(20)17-14(3,4)5/h9-10H,6-8H2,1-5H3,(H,17,20)(H,18,19)(H2,15,16,21). The summed E-state index contributed by atoms with van der Waals surface area (Å²) in [5.74, 6) is -1.10. The highest BCUT2D eigenvalue weighted by molar-refractivity contribution is 5.87. The highest BCUT2D eigenvalue weighted by atomic mass is 16.4. The molecule has 0 saturated carbocycles. The van der Waals surface area contributed by atoms with Gasteiger partial charge in [-0.25, -0.2) is 4.79 Å². The number of nitrogens with one attached hydrogen (secondary N) is 3. The van der Waals surface area contributed by atoms with Gasteiger partial charge in [-0.05, 0) is 47.5 Å². The Hall–Kier alpha value is -1.79. The second kappa shape index (κ2) is 8.49. The van der Waals surface area contributed by atoms with Crippen molar-refractivity contribution in [3.63, 3.8) is 0 Å². The van der Waals surface area contributed by atoms with Crippen LogP contribution in [-0.4, -0.2) is 40.6 Å². The van der Waals surface area contributed by atoms with E-state index in [0.717, 1.165) is 0 Å². The maximum absolute atomic E-state index is 11.8. The lowest BCUT2D eigenvalue weighted by Crippen LogP contribution is -2.53. The molecule has 0 spiro atoms. The minimum atomic E-state index is -0.848. The van der Waals surface area contributed by atoms with Gasteiger partial charge in [-0.2, -0.15) is 0 Å². The monoisotopic (exact) mass is 301 g/mol. The number of hydrogen-bond acceptors (Lipinski definition) is 3. The number of aliphatic carboxylic acids is 1. The molecule has 7 heteroatoms. The summed E-state index contributed by atoms with van der Waals surface area (Å²) in [7, 11) is 0. The molecule has 0 fully saturated rings. The van der Waals surface area contributed by atoms with Crippen LogP contribution in [0.1, 0.15) is 53.9 Å². The molecule has 2 atom stereocenters. The predicted octanol–water partition coefficient (Wildman–Crippen LogP) is 1.23. The number of carboxylic acids is 1. The molecule has 0 aliphatic heterocycles. The first-order valence-corrected chi connectivity index (χ1v) is 7.12. The number of rotatable bonds is 7. The molecule has 0 aromatic rings. The van der Waals surface area contributed by atoms with Crippen LogP contribution in [0.4, 0.5) is 4.79 Å². The molecule has 0 aliphatic carbocycles. The van der Waals surface area contributed by atoms with Crippen molar-refractivity contribution < 1.29 is 19.5 Å². The molecule has 0 aliphatic rings. The molecule has 0 aromatic carbocycles. The molecule has 2 unspecified atom stereocenters. The van der Waals surface area contributed by atoms with Crippen molar-refractivity contribution >= 4 is 17.9 Å². The third kappa shape index (κ3) is 10.6. The Balaban J connectivity index is 4.07. The van der Waals surface area contributed by atoms with Crippen LogP contribution in [0.15, 0.2) is 0 Å². The Bertz CT molecular complexity index is 377. The Morgan fingerprint density at radius 3 is 2.14 bits per heavy atom. The van der Waals surface area contributed by atoms with Crippen molar-refractivity contribution in [2.45, 2.75) is 71.5 Å². The normalized spacial score (nSPS) is 14.0. The number of amides is 3. The van der Waals surface area contributed by atoms with E-state index in [0.29, 0.717) is 12.8 Å². The van der Waals surface area contributed by atoms with Gasteiger partial charge in [0.2, 0.25) is 5.91 Å². The minimum absolute atomic E-state index is 0.0814. The largest absolute Gasteiger partial charge is 0.481 e. The lowest BCUT2D eigenvalue weighted by molar-refractivity contribution is -0.137. The number of urea groups is 1. The van der Waals surface area contributed by atoms with E-state index in [2.05, 4.69) is 16.0 Å². The summed E-state index contributed by atoms with van der Waals surface area (Å²) in [6.45, 7) is 8.99. The quantitative estimate of drug-likeness (QED) is 0.567. The second-order valence-corrected chi connectivity index (χ2v) is 6.27. The van der Waals surface area contributed by atoms with E-state index in [9.17, 15) is 14.4 Å². The van der Waals surface area contributed by atoms with Gasteiger partial charge in [0.1, 0.15) is 6.04 Å². The van der Waals surface area contributed by atoms with Gasteiger partial charge in [0.25, 0.3) is 0 Å². The summed E-state index contributed by atoms with van der Waals surface area (Å²) in [6, 6.07) is -1.23. The van der Waals surface area contributed by atoms with Gasteiger partial charge in [0, 0.05) is 18.0 Å². The maximum atomic E-state index is 11.8. The highest BCUT2D eigenvalue weighted by Gasteiger charge is 2.21. The van der Waals surface area contributed by atoms with Crippen molar-refractivity contribution in [3.8, 4) is 0 Å². The number of carboxylic acid groups (broad SMARTS) is 1. The summed E-state index contributed by atoms with van der Waals surface area (Å²) in [4.78, 5) is 33.9. The first kappa shape index (κ1) is 19.2. The van der Waals surface area contributed by atoms with Gasteiger partial charge in [-0.3, -0.25) is 9.59 Å². The summed E-state index contributed by atoms with van der Waals surface area (Å²) < 4.78 is 0. The van der Waals surface area contributed by atoms with E-state index >= 15 is 0 Å². The Labute approximate surface area is 125 Å². The first-order valence-electron chi connectivity index (χ1n) is 7.12. The van der Waals surface area contributed by atoms with E-state index in [4.69, 9.17) is 5.11 Å². The summed E-state index contributed by atoms with van der Waals surface area (Å²) in [5, 5.41) is 16.5. The number of hydrogen-bond donors (Lipinski definition) is 4. The van der Waals surface area contributed by atoms with E-state index < -0.39 is 18.0 Å². The van der Waals surface area contributed by atoms with Gasteiger partial charge in [0.15, 0.2) is 0 Å². The molecule has 0 rings (SSSR count). The first-order chi connectivity index (χ1) is 9.51. The van der Waals surface area contributed by atoms with Crippen molar-refractivity contribution in [2.24, 2.45) is 0 Å². The fraction of sp³-hybridized carbons (Fsp3) is 0.786. The SMILES string of the molecule is CC(CCCC(=O)O)NC(=O)NC(C)C(=O)NC(C)(C)C. The third-order valence-electron chi connectivity index (χ3n) is 2.64. The summed E-state index contributed by atoms with van der Waals surface area (Å²) in [6.07, 6.45) is 1.15. The molecule has 21 heavy (non-hydrogen) atoms. The van der Waals surface area contributed by atoms with Gasteiger partial charge in [-0.15, -0.1) is 0 Å². The van der Waals surface area contributed by atoms with Crippen LogP contribution in [-0.2, 0) is 9.59 Å². The average Bonchev–Trinajstić information content (AvgIpc) is 2.25. The van der Waals surface area contributed by atoms with E-state index in [1.54, 1.807) is 13.8 Å². The van der Waals surface area contributed by atoms with Crippen LogP contribution in [0.5, 0.6) is 0 Å². The van der Waals surface area contributed by atoms with E-state index in [1.807, 2.05) is 20.8 Å². The smallest absolute Gasteiger partial charge is 0.315 e. The maximum Gasteiger partial charge on any atom is 0.315 e. The van der Waals surface area contributed by atoms with Crippen molar-refractivity contribution in [1.29, 1.82) is 0 Å². The molecule has 0 radical (unpaired) electrons. The van der Waals surface area contributed by atoms with E-state index in [-0.39, 0.29) is 23.9 Å². The lowest BCUT2D eigenvalue weighted by atomic mass is 10.1. The molecular formula is C14H27N3O4. The molecule has 122 valence electrons. The topological polar surface area (TPSA) is 108 Å². The Morgan fingerprint density at radius 2 is 1.67 bits per heavy atom. The average molecular weight is 301 g/mol. The van der Waals surface area contributed by atoms with Crippen molar-refractivity contribution in [3.05, 3.63) is 0 Å². The van der Waals surface area contributed by atoms with Gasteiger partial charge < -0.3 is 21.1 Å². The molecule has 0 heterocycles. The van der Waals surface area contributed by atoms with Gasteiger partial charge in [0.05, 0.1) is 0 Å². The van der Waals surface area contributed by atoms with Crippen LogP contribution >= 0.6 is 0 Å². The van der Waals surface area contributed by atoms with Crippen LogP contribution in [0.3, 0.4) is 0 Å². The van der Waals surface area contributed by atoms with Crippen molar-refractivity contribution in [2.75, 3.05) is 0 Å². The fourth-order valence-electron chi connectivity index (χ4n) is 1.64. The molecular weight excluding hydrogens is 274 g/mol.